The van der Waals surface area contributed by atoms with E-state index in [0.717, 1.165) is 16.9 Å². The van der Waals surface area contributed by atoms with Gasteiger partial charge in [0.2, 0.25) is 10.0 Å². The fourth-order valence-electron chi connectivity index (χ4n) is 2.42. The van der Waals surface area contributed by atoms with Crippen LogP contribution in [0.15, 0.2) is 47.4 Å². The molecule has 2 N–H and O–H groups in total. The summed E-state index contributed by atoms with van der Waals surface area (Å²) in [5.74, 6) is 0.543. The maximum atomic E-state index is 12.2. The van der Waals surface area contributed by atoms with Gasteiger partial charge in [-0.2, -0.15) is 0 Å². The number of sulfonamides is 1. The molecule has 0 aromatic heterocycles. The highest BCUT2D eigenvalue weighted by molar-refractivity contribution is 7.89. The Kier molecular flexibility index (Phi) is 6.17. The minimum absolute atomic E-state index is 0.121. The van der Waals surface area contributed by atoms with Gasteiger partial charge in [0.25, 0.3) is 5.91 Å². The summed E-state index contributed by atoms with van der Waals surface area (Å²) < 4.78 is 30.9. The third kappa shape index (κ3) is 4.80. The molecule has 0 atom stereocenters. The van der Waals surface area contributed by atoms with E-state index in [1.165, 1.54) is 31.3 Å². The Balaban J connectivity index is 1.98. The number of benzene rings is 2. The van der Waals surface area contributed by atoms with E-state index in [9.17, 15) is 13.2 Å². The number of rotatable bonds is 7. The van der Waals surface area contributed by atoms with Crippen molar-refractivity contribution >= 4 is 15.9 Å². The summed E-state index contributed by atoms with van der Waals surface area (Å²) in [4.78, 5) is 12.3. The molecule has 0 bridgehead atoms. The Morgan fingerprint density at radius 1 is 1.12 bits per heavy atom. The van der Waals surface area contributed by atoms with E-state index in [2.05, 4.69) is 10.0 Å². The van der Waals surface area contributed by atoms with E-state index >= 15 is 0 Å². The smallest absolute Gasteiger partial charge is 0.251 e. The summed E-state index contributed by atoms with van der Waals surface area (Å²) in [6.07, 6.45) is 0.642. The largest absolute Gasteiger partial charge is 0.496 e. The second-order valence-electron chi connectivity index (χ2n) is 5.55. The summed E-state index contributed by atoms with van der Waals surface area (Å²) in [7, 11) is -0.540. The first kappa shape index (κ1) is 19.0. The molecule has 0 aliphatic carbocycles. The first-order chi connectivity index (χ1) is 11.9. The summed E-state index contributed by atoms with van der Waals surface area (Å²) in [5.41, 5.74) is 2.56. The van der Waals surface area contributed by atoms with Crippen molar-refractivity contribution in [2.75, 3.05) is 20.7 Å². The number of carbonyl (C=O) groups excluding carboxylic acids is 1. The highest BCUT2D eigenvalue weighted by Crippen LogP contribution is 2.19. The zero-order valence-electron chi connectivity index (χ0n) is 14.5. The Labute approximate surface area is 148 Å². The van der Waals surface area contributed by atoms with Crippen molar-refractivity contribution in [1.82, 2.24) is 10.0 Å². The molecule has 0 saturated heterocycles. The Morgan fingerprint density at radius 3 is 2.40 bits per heavy atom. The lowest BCUT2D eigenvalue weighted by Gasteiger charge is -2.10. The second kappa shape index (κ2) is 8.13. The van der Waals surface area contributed by atoms with E-state index < -0.39 is 10.0 Å². The number of methoxy groups -OCH3 is 1. The van der Waals surface area contributed by atoms with Crippen molar-refractivity contribution < 1.29 is 17.9 Å². The molecule has 6 nitrogen and oxygen atoms in total. The van der Waals surface area contributed by atoms with E-state index in [-0.39, 0.29) is 10.8 Å². The highest BCUT2D eigenvalue weighted by atomic mass is 32.2. The third-order valence-electron chi connectivity index (χ3n) is 3.81. The van der Waals surface area contributed by atoms with Crippen molar-refractivity contribution in [1.29, 1.82) is 0 Å². The third-order valence-corrected chi connectivity index (χ3v) is 5.24. The van der Waals surface area contributed by atoms with E-state index in [4.69, 9.17) is 4.74 Å². The van der Waals surface area contributed by atoms with Gasteiger partial charge in [-0.05, 0) is 56.3 Å². The lowest BCUT2D eigenvalue weighted by Crippen LogP contribution is -2.26. The summed E-state index contributed by atoms with van der Waals surface area (Å²) in [5, 5.41) is 2.83. The number of amides is 1. The Hall–Kier alpha value is -2.38. The van der Waals surface area contributed by atoms with Crippen LogP contribution in [-0.4, -0.2) is 35.0 Å². The van der Waals surface area contributed by atoms with Gasteiger partial charge in [0.1, 0.15) is 5.75 Å². The number of hydrogen-bond donors (Lipinski definition) is 2. The highest BCUT2D eigenvalue weighted by Gasteiger charge is 2.12. The minimum Gasteiger partial charge on any atom is -0.496 e. The average molecular weight is 362 g/mol. The van der Waals surface area contributed by atoms with Gasteiger partial charge >= 0.3 is 0 Å². The molecule has 2 aromatic rings. The molecule has 134 valence electrons. The molecule has 0 fully saturated rings. The Bertz CT molecular complexity index is 846. The second-order valence-corrected chi connectivity index (χ2v) is 7.44. The molecule has 0 heterocycles. The zero-order valence-corrected chi connectivity index (χ0v) is 15.3. The molecule has 0 unspecified atom stereocenters. The quantitative estimate of drug-likeness (QED) is 0.788. The van der Waals surface area contributed by atoms with Crippen LogP contribution in [-0.2, 0) is 16.4 Å². The molecule has 0 aliphatic rings. The van der Waals surface area contributed by atoms with Gasteiger partial charge in [-0.15, -0.1) is 0 Å². The normalized spacial score (nSPS) is 11.2. The van der Waals surface area contributed by atoms with Crippen LogP contribution in [0.1, 0.15) is 21.5 Å². The van der Waals surface area contributed by atoms with Crippen molar-refractivity contribution in [2.45, 2.75) is 18.2 Å². The zero-order chi connectivity index (χ0) is 18.4. The summed E-state index contributed by atoms with van der Waals surface area (Å²) in [6, 6.07) is 11.7. The molecule has 7 heteroatoms. The molecule has 0 aliphatic heterocycles. The standard InChI is InChI=1S/C18H22N2O4S/c1-13-4-9-17(24-3)15(12-13)10-11-20-18(21)14-5-7-16(8-6-14)25(22,23)19-2/h4-9,12,19H,10-11H2,1-3H3,(H,20,21). The number of aryl methyl sites for hydroxylation is 1. The first-order valence-electron chi connectivity index (χ1n) is 7.82. The fraction of sp³-hybridized carbons (Fsp3) is 0.278. The van der Waals surface area contributed by atoms with Gasteiger partial charge in [0.05, 0.1) is 12.0 Å². The summed E-state index contributed by atoms with van der Waals surface area (Å²) >= 11 is 0. The topological polar surface area (TPSA) is 84.5 Å². The van der Waals surface area contributed by atoms with Crippen molar-refractivity contribution in [3.05, 3.63) is 59.2 Å². The molecule has 25 heavy (non-hydrogen) atoms. The van der Waals surface area contributed by atoms with Gasteiger partial charge in [0, 0.05) is 12.1 Å². The summed E-state index contributed by atoms with van der Waals surface area (Å²) in [6.45, 7) is 2.46. The number of nitrogens with one attached hydrogen (secondary N) is 2. The lowest BCUT2D eigenvalue weighted by molar-refractivity contribution is 0.0954. The minimum atomic E-state index is -3.50. The molecule has 2 aromatic carbocycles. The number of ether oxygens (including phenoxy) is 1. The van der Waals surface area contributed by atoms with Crippen LogP contribution in [0, 0.1) is 6.92 Å². The molecule has 0 radical (unpaired) electrons. The average Bonchev–Trinajstić information content (AvgIpc) is 2.62. The van der Waals surface area contributed by atoms with Gasteiger partial charge in [-0.1, -0.05) is 17.7 Å². The van der Waals surface area contributed by atoms with Crippen molar-refractivity contribution in [2.24, 2.45) is 0 Å². The lowest BCUT2D eigenvalue weighted by atomic mass is 10.1. The van der Waals surface area contributed by atoms with Crippen LogP contribution < -0.4 is 14.8 Å². The maximum absolute atomic E-state index is 12.2. The van der Waals surface area contributed by atoms with Crippen LogP contribution in [0.5, 0.6) is 5.75 Å². The monoisotopic (exact) mass is 362 g/mol. The SMILES string of the molecule is CNS(=O)(=O)c1ccc(C(=O)NCCc2cc(C)ccc2OC)cc1. The molecular weight excluding hydrogens is 340 g/mol. The predicted molar refractivity (Wildman–Crippen MR) is 96.5 cm³/mol. The van der Waals surface area contributed by atoms with Gasteiger partial charge in [-0.25, -0.2) is 13.1 Å². The van der Waals surface area contributed by atoms with Crippen LogP contribution in [0.3, 0.4) is 0 Å². The van der Waals surface area contributed by atoms with Gasteiger partial charge in [-0.3, -0.25) is 4.79 Å². The van der Waals surface area contributed by atoms with Gasteiger partial charge in [0.15, 0.2) is 0 Å². The molecule has 1 amide bonds. The van der Waals surface area contributed by atoms with E-state index in [0.29, 0.717) is 18.5 Å². The van der Waals surface area contributed by atoms with Crippen LogP contribution in [0.2, 0.25) is 0 Å². The van der Waals surface area contributed by atoms with Crippen LogP contribution in [0.4, 0.5) is 0 Å². The first-order valence-corrected chi connectivity index (χ1v) is 9.31. The molecular formula is C18H22N2O4S. The fourth-order valence-corrected chi connectivity index (χ4v) is 3.15. The number of hydrogen-bond acceptors (Lipinski definition) is 4. The van der Waals surface area contributed by atoms with Crippen molar-refractivity contribution in [3.8, 4) is 5.75 Å². The van der Waals surface area contributed by atoms with E-state index in [1.807, 2.05) is 25.1 Å². The van der Waals surface area contributed by atoms with E-state index in [1.54, 1.807) is 7.11 Å². The maximum Gasteiger partial charge on any atom is 0.251 e. The Morgan fingerprint density at radius 2 is 1.80 bits per heavy atom. The van der Waals surface area contributed by atoms with Gasteiger partial charge < -0.3 is 10.1 Å². The molecule has 0 saturated carbocycles. The molecule has 0 spiro atoms. The van der Waals surface area contributed by atoms with Crippen molar-refractivity contribution in [3.63, 3.8) is 0 Å². The molecule has 2 rings (SSSR count). The number of carbonyl (C=O) groups is 1. The van der Waals surface area contributed by atoms with Crippen LogP contribution in [0.25, 0.3) is 0 Å². The van der Waals surface area contributed by atoms with Crippen LogP contribution >= 0.6 is 0 Å². The predicted octanol–water partition coefficient (Wildman–Crippen LogP) is 1.88.